The van der Waals surface area contributed by atoms with Crippen molar-refractivity contribution in [3.63, 3.8) is 0 Å². The van der Waals surface area contributed by atoms with Crippen molar-refractivity contribution < 1.29 is 0 Å². The Bertz CT molecular complexity index is 496. The molecule has 0 N–H and O–H groups in total. The van der Waals surface area contributed by atoms with Gasteiger partial charge >= 0.3 is 0 Å². The van der Waals surface area contributed by atoms with E-state index in [2.05, 4.69) is 11.2 Å². The van der Waals surface area contributed by atoms with Crippen molar-refractivity contribution in [3.05, 3.63) is 42.1 Å². The maximum Gasteiger partial charge on any atom is 0.136 e. The molecule has 3 nitrogen and oxygen atoms in total. The lowest BCUT2D eigenvalue weighted by molar-refractivity contribution is 0.838. The van der Waals surface area contributed by atoms with Gasteiger partial charge in [-0.1, -0.05) is 18.2 Å². The number of hydrogen-bond donors (Lipinski definition) is 0. The fourth-order valence-electron chi connectivity index (χ4n) is 1.30. The van der Waals surface area contributed by atoms with Gasteiger partial charge in [-0.3, -0.25) is 0 Å². The van der Waals surface area contributed by atoms with E-state index in [0.29, 0.717) is 5.56 Å². The van der Waals surface area contributed by atoms with E-state index in [-0.39, 0.29) is 0 Å². The first-order valence-electron chi connectivity index (χ1n) is 4.44. The molecule has 1 heterocycles. The van der Waals surface area contributed by atoms with Crippen molar-refractivity contribution in [2.24, 2.45) is 0 Å². The highest BCUT2D eigenvalue weighted by molar-refractivity contribution is 7.98. The van der Waals surface area contributed by atoms with Gasteiger partial charge in [-0.05, 0) is 18.4 Å². The van der Waals surface area contributed by atoms with E-state index < -0.39 is 0 Å². The first-order chi connectivity index (χ1) is 7.35. The molecule has 0 unspecified atom stereocenters. The van der Waals surface area contributed by atoms with Crippen LogP contribution in [0.1, 0.15) is 5.56 Å². The van der Waals surface area contributed by atoms with Crippen LogP contribution >= 0.6 is 11.8 Å². The zero-order valence-corrected chi connectivity index (χ0v) is 9.03. The van der Waals surface area contributed by atoms with E-state index in [1.165, 1.54) is 11.8 Å². The molecule has 1 aromatic carbocycles. The lowest BCUT2D eigenvalue weighted by atomic mass is 10.3. The molecule has 0 aliphatic rings. The molecule has 0 aliphatic heterocycles. The minimum absolute atomic E-state index is 0.617. The predicted octanol–water partition coefficient (Wildman–Crippen LogP) is 2.47. The van der Waals surface area contributed by atoms with Crippen LogP contribution in [0.4, 0.5) is 0 Å². The molecule has 0 fully saturated rings. The van der Waals surface area contributed by atoms with Gasteiger partial charge in [-0.2, -0.15) is 10.4 Å². The summed E-state index contributed by atoms with van der Waals surface area (Å²) in [7, 11) is 0. The van der Waals surface area contributed by atoms with Gasteiger partial charge in [0.05, 0.1) is 5.69 Å². The van der Waals surface area contributed by atoms with Crippen molar-refractivity contribution in [2.75, 3.05) is 6.26 Å². The fourth-order valence-corrected chi connectivity index (χ4v) is 1.79. The Morgan fingerprint density at radius 1 is 1.33 bits per heavy atom. The summed E-state index contributed by atoms with van der Waals surface area (Å²) < 4.78 is 1.73. The summed E-state index contributed by atoms with van der Waals surface area (Å²) in [5, 5.41) is 14.0. The number of rotatable bonds is 2. The Kier molecular flexibility index (Phi) is 2.75. The lowest BCUT2D eigenvalue weighted by Crippen LogP contribution is -1.93. The number of benzene rings is 1. The van der Waals surface area contributed by atoms with Crippen molar-refractivity contribution in [3.8, 4) is 11.8 Å². The molecule has 0 amide bonds. The Balaban J connectivity index is 2.48. The molecular formula is C11H9N3S. The summed E-state index contributed by atoms with van der Waals surface area (Å²) in [5.41, 5.74) is 1.58. The van der Waals surface area contributed by atoms with E-state index >= 15 is 0 Å². The number of thioether (sulfide) groups is 1. The molecule has 15 heavy (non-hydrogen) atoms. The minimum Gasteiger partial charge on any atom is -0.238 e. The van der Waals surface area contributed by atoms with Crippen LogP contribution in [0.3, 0.4) is 0 Å². The van der Waals surface area contributed by atoms with Gasteiger partial charge in [0.1, 0.15) is 16.7 Å². The standard InChI is InChI=1S/C11H9N3S/c1-15-11-9(7-12)8-14(13-11)10-5-3-2-4-6-10/h2-6,8H,1H3. The highest BCUT2D eigenvalue weighted by atomic mass is 32.2. The number of para-hydroxylation sites is 1. The van der Waals surface area contributed by atoms with E-state index in [1.807, 2.05) is 36.6 Å². The minimum atomic E-state index is 0.617. The molecule has 2 rings (SSSR count). The average Bonchev–Trinajstić information content (AvgIpc) is 2.73. The first-order valence-corrected chi connectivity index (χ1v) is 5.67. The van der Waals surface area contributed by atoms with E-state index in [9.17, 15) is 0 Å². The molecule has 0 radical (unpaired) electrons. The molecule has 0 atom stereocenters. The van der Waals surface area contributed by atoms with Crippen LogP contribution in [0.2, 0.25) is 0 Å². The Morgan fingerprint density at radius 3 is 2.60 bits per heavy atom. The van der Waals surface area contributed by atoms with Gasteiger partial charge in [0, 0.05) is 6.20 Å². The summed E-state index contributed by atoms with van der Waals surface area (Å²) in [6.45, 7) is 0. The summed E-state index contributed by atoms with van der Waals surface area (Å²) in [4.78, 5) is 0. The molecule has 0 saturated carbocycles. The zero-order valence-electron chi connectivity index (χ0n) is 8.21. The maximum atomic E-state index is 8.89. The molecule has 1 aromatic heterocycles. The summed E-state index contributed by atoms with van der Waals surface area (Å²) in [5.74, 6) is 0. The van der Waals surface area contributed by atoms with E-state index in [0.717, 1.165) is 10.7 Å². The van der Waals surface area contributed by atoms with Crippen molar-refractivity contribution in [1.29, 1.82) is 5.26 Å². The molecule has 2 aromatic rings. The number of hydrogen-bond acceptors (Lipinski definition) is 3. The van der Waals surface area contributed by atoms with E-state index in [1.54, 1.807) is 10.9 Å². The largest absolute Gasteiger partial charge is 0.238 e. The topological polar surface area (TPSA) is 41.6 Å². The molecular weight excluding hydrogens is 206 g/mol. The van der Waals surface area contributed by atoms with Crippen LogP contribution in [0, 0.1) is 11.3 Å². The Hall–Kier alpha value is -1.73. The summed E-state index contributed by atoms with van der Waals surface area (Å²) in [6.07, 6.45) is 3.67. The van der Waals surface area contributed by atoms with Crippen LogP contribution in [0.25, 0.3) is 5.69 Å². The van der Waals surface area contributed by atoms with Crippen LogP contribution in [0.15, 0.2) is 41.6 Å². The molecule has 4 heteroatoms. The maximum absolute atomic E-state index is 8.89. The van der Waals surface area contributed by atoms with Crippen LogP contribution in [0.5, 0.6) is 0 Å². The van der Waals surface area contributed by atoms with Crippen LogP contribution in [-0.4, -0.2) is 16.0 Å². The first kappa shape index (κ1) is 9.81. The van der Waals surface area contributed by atoms with Gasteiger partial charge < -0.3 is 0 Å². The number of nitrogens with zero attached hydrogens (tertiary/aromatic N) is 3. The Morgan fingerprint density at radius 2 is 2.07 bits per heavy atom. The number of aromatic nitrogens is 2. The summed E-state index contributed by atoms with van der Waals surface area (Å²) >= 11 is 1.48. The second-order valence-corrected chi connectivity index (χ2v) is 3.74. The smallest absolute Gasteiger partial charge is 0.136 e. The quantitative estimate of drug-likeness (QED) is 0.723. The summed E-state index contributed by atoms with van der Waals surface area (Å²) in [6, 6.07) is 11.9. The second kappa shape index (κ2) is 4.20. The van der Waals surface area contributed by atoms with Gasteiger partial charge in [-0.15, -0.1) is 11.8 Å². The van der Waals surface area contributed by atoms with Crippen LogP contribution in [-0.2, 0) is 0 Å². The predicted molar refractivity (Wildman–Crippen MR) is 60.1 cm³/mol. The second-order valence-electron chi connectivity index (χ2n) is 2.94. The molecule has 0 saturated heterocycles. The molecule has 0 bridgehead atoms. The normalized spacial score (nSPS) is 9.87. The third kappa shape index (κ3) is 1.88. The lowest BCUT2D eigenvalue weighted by Gasteiger charge is -1.98. The number of nitriles is 1. The third-order valence-corrected chi connectivity index (χ3v) is 2.70. The molecule has 0 aliphatic carbocycles. The van der Waals surface area contributed by atoms with Crippen molar-refractivity contribution in [2.45, 2.75) is 5.03 Å². The molecule has 74 valence electrons. The van der Waals surface area contributed by atoms with Gasteiger partial charge in [0.15, 0.2) is 0 Å². The molecule has 0 spiro atoms. The van der Waals surface area contributed by atoms with Crippen molar-refractivity contribution >= 4 is 11.8 Å². The van der Waals surface area contributed by atoms with E-state index in [4.69, 9.17) is 5.26 Å². The van der Waals surface area contributed by atoms with Gasteiger partial charge in [0.25, 0.3) is 0 Å². The SMILES string of the molecule is CSc1nn(-c2ccccc2)cc1C#N. The average molecular weight is 215 g/mol. The highest BCUT2D eigenvalue weighted by Crippen LogP contribution is 2.19. The Labute approximate surface area is 92.3 Å². The third-order valence-electron chi connectivity index (χ3n) is 2.01. The van der Waals surface area contributed by atoms with Gasteiger partial charge in [-0.25, -0.2) is 4.68 Å². The fraction of sp³-hybridized carbons (Fsp3) is 0.0909. The zero-order chi connectivity index (χ0) is 10.7. The van der Waals surface area contributed by atoms with Crippen molar-refractivity contribution in [1.82, 2.24) is 9.78 Å². The van der Waals surface area contributed by atoms with Gasteiger partial charge in [0.2, 0.25) is 0 Å². The van der Waals surface area contributed by atoms with Crippen LogP contribution < -0.4 is 0 Å². The highest BCUT2D eigenvalue weighted by Gasteiger charge is 2.07. The monoisotopic (exact) mass is 215 g/mol.